The standard InChI is InChI=1S/C12H22N4O/c1-10(2)8-11(9-13)12(17)14-5-7-16-6-3-4-15-16/h3-4,6,10-11H,5,7-9,13H2,1-2H3,(H,14,17). The van der Waals surface area contributed by atoms with Crippen molar-refractivity contribution in [2.45, 2.75) is 26.8 Å². The molecule has 1 heterocycles. The Labute approximate surface area is 102 Å². The summed E-state index contributed by atoms with van der Waals surface area (Å²) in [5.74, 6) is 0.460. The van der Waals surface area contributed by atoms with Gasteiger partial charge >= 0.3 is 0 Å². The van der Waals surface area contributed by atoms with Gasteiger partial charge in [-0.1, -0.05) is 13.8 Å². The lowest BCUT2D eigenvalue weighted by molar-refractivity contribution is -0.125. The number of nitrogens with two attached hydrogens (primary N) is 1. The van der Waals surface area contributed by atoms with Crippen molar-refractivity contribution in [1.29, 1.82) is 0 Å². The molecule has 0 fully saturated rings. The minimum absolute atomic E-state index is 0.0494. The third kappa shape index (κ3) is 4.99. The molecule has 5 heteroatoms. The highest BCUT2D eigenvalue weighted by atomic mass is 16.1. The molecule has 1 amide bonds. The van der Waals surface area contributed by atoms with Gasteiger partial charge in [-0.05, 0) is 18.4 Å². The molecule has 17 heavy (non-hydrogen) atoms. The number of carbonyl (C=O) groups is 1. The lowest BCUT2D eigenvalue weighted by Crippen LogP contribution is -2.37. The van der Waals surface area contributed by atoms with Gasteiger partial charge in [-0.25, -0.2) is 0 Å². The first-order chi connectivity index (χ1) is 8.13. The Balaban J connectivity index is 2.27. The molecule has 0 bridgehead atoms. The second-order valence-electron chi connectivity index (χ2n) is 4.62. The summed E-state index contributed by atoms with van der Waals surface area (Å²) in [6, 6.07) is 1.86. The largest absolute Gasteiger partial charge is 0.354 e. The van der Waals surface area contributed by atoms with E-state index in [1.165, 1.54) is 0 Å². The van der Waals surface area contributed by atoms with Gasteiger partial charge in [0.1, 0.15) is 0 Å². The molecule has 1 aromatic heterocycles. The maximum atomic E-state index is 11.8. The Hall–Kier alpha value is -1.36. The predicted octanol–water partition coefficient (Wildman–Crippen LogP) is 0.620. The van der Waals surface area contributed by atoms with E-state index in [-0.39, 0.29) is 11.8 Å². The summed E-state index contributed by atoms with van der Waals surface area (Å²) in [4.78, 5) is 11.8. The third-order valence-corrected chi connectivity index (χ3v) is 2.61. The summed E-state index contributed by atoms with van der Waals surface area (Å²) in [5, 5.41) is 6.96. The molecule has 1 aromatic rings. The fourth-order valence-electron chi connectivity index (χ4n) is 1.75. The Kier molecular flexibility index (Phi) is 5.69. The molecule has 0 aromatic carbocycles. The van der Waals surface area contributed by atoms with Gasteiger partial charge in [-0.3, -0.25) is 9.48 Å². The molecule has 0 aliphatic rings. The van der Waals surface area contributed by atoms with Crippen molar-refractivity contribution in [2.24, 2.45) is 17.6 Å². The van der Waals surface area contributed by atoms with Crippen LogP contribution in [0.3, 0.4) is 0 Å². The van der Waals surface area contributed by atoms with Gasteiger partial charge in [0.05, 0.1) is 12.5 Å². The van der Waals surface area contributed by atoms with Crippen LogP contribution < -0.4 is 11.1 Å². The molecule has 0 saturated heterocycles. The van der Waals surface area contributed by atoms with E-state index in [9.17, 15) is 4.79 Å². The van der Waals surface area contributed by atoms with Crippen LogP contribution in [0, 0.1) is 11.8 Å². The summed E-state index contributed by atoms with van der Waals surface area (Å²) >= 11 is 0. The average molecular weight is 238 g/mol. The van der Waals surface area contributed by atoms with Crippen molar-refractivity contribution < 1.29 is 4.79 Å². The summed E-state index contributed by atoms with van der Waals surface area (Å²) in [6.07, 6.45) is 4.44. The molecular formula is C12H22N4O. The van der Waals surface area contributed by atoms with Crippen LogP contribution in [0.25, 0.3) is 0 Å². The van der Waals surface area contributed by atoms with Crippen LogP contribution >= 0.6 is 0 Å². The lowest BCUT2D eigenvalue weighted by Gasteiger charge is -2.16. The smallest absolute Gasteiger partial charge is 0.224 e. The van der Waals surface area contributed by atoms with Crippen molar-refractivity contribution in [3.8, 4) is 0 Å². The number of hydrogen-bond donors (Lipinski definition) is 2. The van der Waals surface area contributed by atoms with E-state index in [1.807, 2.05) is 12.3 Å². The van der Waals surface area contributed by atoms with Gasteiger partial charge in [0.15, 0.2) is 0 Å². The zero-order valence-electron chi connectivity index (χ0n) is 10.6. The van der Waals surface area contributed by atoms with E-state index in [2.05, 4.69) is 24.3 Å². The van der Waals surface area contributed by atoms with Gasteiger partial charge in [-0.15, -0.1) is 0 Å². The highest BCUT2D eigenvalue weighted by molar-refractivity contribution is 5.78. The highest BCUT2D eigenvalue weighted by Gasteiger charge is 2.17. The Bertz CT molecular complexity index is 321. The van der Waals surface area contributed by atoms with E-state index < -0.39 is 0 Å². The minimum atomic E-state index is -0.0763. The number of aromatic nitrogens is 2. The molecule has 1 unspecified atom stereocenters. The number of carbonyl (C=O) groups excluding carboxylic acids is 1. The van der Waals surface area contributed by atoms with Crippen LogP contribution in [-0.2, 0) is 11.3 Å². The van der Waals surface area contributed by atoms with Gasteiger partial charge in [0.2, 0.25) is 5.91 Å². The van der Waals surface area contributed by atoms with Crippen LogP contribution in [0.5, 0.6) is 0 Å². The number of hydrogen-bond acceptors (Lipinski definition) is 3. The van der Waals surface area contributed by atoms with Crippen LogP contribution in [0.2, 0.25) is 0 Å². The zero-order valence-corrected chi connectivity index (χ0v) is 10.6. The summed E-state index contributed by atoms with van der Waals surface area (Å²) in [5.41, 5.74) is 5.61. The third-order valence-electron chi connectivity index (χ3n) is 2.61. The van der Waals surface area contributed by atoms with Gasteiger partial charge in [0, 0.05) is 25.5 Å². The Morgan fingerprint density at radius 2 is 2.29 bits per heavy atom. The molecule has 5 nitrogen and oxygen atoms in total. The topological polar surface area (TPSA) is 72.9 Å². The molecule has 0 aliphatic carbocycles. The quantitative estimate of drug-likeness (QED) is 0.731. The minimum Gasteiger partial charge on any atom is -0.354 e. The number of rotatable bonds is 7. The fraction of sp³-hybridized carbons (Fsp3) is 0.667. The van der Waals surface area contributed by atoms with Crippen molar-refractivity contribution in [2.75, 3.05) is 13.1 Å². The van der Waals surface area contributed by atoms with Crippen LogP contribution in [0.15, 0.2) is 18.5 Å². The molecule has 0 saturated carbocycles. The number of nitrogens with one attached hydrogen (secondary N) is 1. The molecule has 0 spiro atoms. The van der Waals surface area contributed by atoms with Crippen molar-refractivity contribution in [3.63, 3.8) is 0 Å². The van der Waals surface area contributed by atoms with Crippen molar-refractivity contribution in [3.05, 3.63) is 18.5 Å². The van der Waals surface area contributed by atoms with E-state index in [0.29, 0.717) is 25.6 Å². The summed E-state index contributed by atoms with van der Waals surface area (Å²) in [7, 11) is 0. The Morgan fingerprint density at radius 3 is 2.82 bits per heavy atom. The van der Waals surface area contributed by atoms with Crippen molar-refractivity contribution >= 4 is 5.91 Å². The maximum Gasteiger partial charge on any atom is 0.224 e. The van der Waals surface area contributed by atoms with Gasteiger partial charge < -0.3 is 11.1 Å². The molecule has 3 N–H and O–H groups in total. The first kappa shape index (κ1) is 13.7. The number of amides is 1. The fourth-order valence-corrected chi connectivity index (χ4v) is 1.75. The van der Waals surface area contributed by atoms with E-state index >= 15 is 0 Å². The van der Waals surface area contributed by atoms with Crippen LogP contribution in [0.4, 0.5) is 0 Å². The monoisotopic (exact) mass is 238 g/mol. The zero-order chi connectivity index (χ0) is 12.7. The molecule has 1 rings (SSSR count). The lowest BCUT2D eigenvalue weighted by atomic mass is 9.96. The maximum absolute atomic E-state index is 11.8. The molecular weight excluding hydrogens is 216 g/mol. The predicted molar refractivity (Wildman–Crippen MR) is 67.2 cm³/mol. The highest BCUT2D eigenvalue weighted by Crippen LogP contribution is 2.10. The normalized spacial score (nSPS) is 12.7. The summed E-state index contributed by atoms with van der Waals surface area (Å²) < 4.78 is 1.79. The van der Waals surface area contributed by atoms with E-state index in [4.69, 9.17) is 5.73 Å². The first-order valence-corrected chi connectivity index (χ1v) is 6.08. The SMILES string of the molecule is CC(C)CC(CN)C(=O)NCCn1cccn1. The van der Waals surface area contributed by atoms with Gasteiger partial charge in [-0.2, -0.15) is 5.10 Å². The number of nitrogens with zero attached hydrogens (tertiary/aromatic N) is 2. The molecule has 0 radical (unpaired) electrons. The van der Waals surface area contributed by atoms with Gasteiger partial charge in [0.25, 0.3) is 0 Å². The Morgan fingerprint density at radius 1 is 1.53 bits per heavy atom. The second-order valence-corrected chi connectivity index (χ2v) is 4.62. The van der Waals surface area contributed by atoms with E-state index in [1.54, 1.807) is 10.9 Å². The molecule has 96 valence electrons. The second kappa shape index (κ2) is 7.06. The molecule has 0 aliphatic heterocycles. The van der Waals surface area contributed by atoms with Crippen molar-refractivity contribution in [1.82, 2.24) is 15.1 Å². The van der Waals surface area contributed by atoms with Crippen LogP contribution in [0.1, 0.15) is 20.3 Å². The summed E-state index contributed by atoms with van der Waals surface area (Å²) in [6.45, 7) is 5.89. The molecule has 1 atom stereocenters. The average Bonchev–Trinajstić information content (AvgIpc) is 2.78. The first-order valence-electron chi connectivity index (χ1n) is 6.08. The van der Waals surface area contributed by atoms with E-state index in [0.717, 1.165) is 6.42 Å². The van der Waals surface area contributed by atoms with Crippen LogP contribution in [-0.4, -0.2) is 28.8 Å².